The van der Waals surface area contributed by atoms with Gasteiger partial charge < -0.3 is 5.32 Å². The van der Waals surface area contributed by atoms with Crippen LogP contribution in [0.1, 0.15) is 12.8 Å². The van der Waals surface area contributed by atoms with Crippen molar-refractivity contribution in [3.8, 4) is 0 Å². The van der Waals surface area contributed by atoms with E-state index in [1.165, 1.54) is 0 Å². The van der Waals surface area contributed by atoms with Crippen LogP contribution >= 0.6 is 0 Å². The fraction of sp³-hybridized carbons (Fsp3) is 1.00. The lowest BCUT2D eigenvalue weighted by Crippen LogP contribution is -2.43. The normalized spacial score (nSPS) is 35.4. The first kappa shape index (κ1) is 10.2. The van der Waals surface area contributed by atoms with Crippen molar-refractivity contribution in [3.05, 3.63) is 0 Å². The molecule has 0 aromatic heterocycles. The van der Waals surface area contributed by atoms with Gasteiger partial charge in [-0.05, 0) is 19.4 Å². The van der Waals surface area contributed by atoms with E-state index in [0.717, 1.165) is 19.5 Å². The highest BCUT2D eigenvalue weighted by molar-refractivity contribution is 4.91. The summed E-state index contributed by atoms with van der Waals surface area (Å²) in [5, 5.41) is 2.87. The van der Waals surface area contributed by atoms with E-state index in [0.29, 0.717) is 13.0 Å². The summed E-state index contributed by atoms with van der Waals surface area (Å²) >= 11 is 0. The van der Waals surface area contributed by atoms with E-state index >= 15 is 0 Å². The Balaban J connectivity index is 2.13. The molecule has 2 unspecified atom stereocenters. The molecule has 2 aliphatic rings. The maximum atomic E-state index is 12.7. The number of hydrogen-bond acceptors (Lipinski definition) is 2. The molecule has 2 saturated heterocycles. The van der Waals surface area contributed by atoms with Crippen LogP contribution < -0.4 is 5.32 Å². The highest BCUT2D eigenvalue weighted by Crippen LogP contribution is 2.36. The zero-order chi connectivity index (χ0) is 10.2. The van der Waals surface area contributed by atoms with Gasteiger partial charge in [-0.3, -0.25) is 4.90 Å². The minimum absolute atomic E-state index is 0.0880. The second kappa shape index (κ2) is 3.70. The standard InChI is InChI=1S/C9H15F3N2/c10-9(11,12)7-6-13-3-5-14-4-1-2-8(7)14/h7-8,13H,1-6H2. The third-order valence-corrected chi connectivity index (χ3v) is 3.24. The predicted octanol–water partition coefficient (Wildman–Crippen LogP) is 1.23. The average Bonchev–Trinajstić information content (AvgIpc) is 2.42. The minimum atomic E-state index is -4.05. The van der Waals surface area contributed by atoms with Crippen molar-refractivity contribution >= 4 is 0 Å². The molecule has 2 rings (SSSR count). The van der Waals surface area contributed by atoms with E-state index in [1.807, 2.05) is 4.90 Å². The van der Waals surface area contributed by atoms with Crippen LogP contribution in [0.15, 0.2) is 0 Å². The Morgan fingerprint density at radius 3 is 2.71 bits per heavy atom. The number of nitrogens with one attached hydrogen (secondary N) is 1. The maximum Gasteiger partial charge on any atom is 0.394 e. The van der Waals surface area contributed by atoms with Crippen molar-refractivity contribution in [2.75, 3.05) is 26.2 Å². The highest BCUT2D eigenvalue weighted by Gasteiger charge is 2.48. The third kappa shape index (κ3) is 1.88. The molecule has 0 radical (unpaired) electrons. The Bertz CT molecular complexity index is 205. The van der Waals surface area contributed by atoms with Crippen LogP contribution in [0.4, 0.5) is 13.2 Å². The third-order valence-electron chi connectivity index (χ3n) is 3.24. The molecule has 0 amide bonds. The number of alkyl halides is 3. The van der Waals surface area contributed by atoms with Crippen LogP contribution in [0, 0.1) is 5.92 Å². The highest BCUT2D eigenvalue weighted by atomic mass is 19.4. The molecule has 2 aliphatic heterocycles. The van der Waals surface area contributed by atoms with Crippen LogP contribution in [-0.2, 0) is 0 Å². The summed E-state index contributed by atoms with van der Waals surface area (Å²) in [4.78, 5) is 1.98. The monoisotopic (exact) mass is 208 g/mol. The van der Waals surface area contributed by atoms with Gasteiger partial charge in [0.05, 0.1) is 5.92 Å². The average molecular weight is 208 g/mol. The number of nitrogens with zero attached hydrogens (tertiary/aromatic N) is 1. The van der Waals surface area contributed by atoms with E-state index in [2.05, 4.69) is 5.32 Å². The van der Waals surface area contributed by atoms with Gasteiger partial charge in [-0.25, -0.2) is 0 Å². The molecule has 0 spiro atoms. The first-order valence-corrected chi connectivity index (χ1v) is 5.10. The molecule has 82 valence electrons. The molecular weight excluding hydrogens is 193 g/mol. The smallest absolute Gasteiger partial charge is 0.315 e. The maximum absolute atomic E-state index is 12.7. The summed E-state index contributed by atoms with van der Waals surface area (Å²) in [5.74, 6) is -1.17. The predicted molar refractivity (Wildman–Crippen MR) is 47.0 cm³/mol. The molecule has 2 fully saturated rings. The molecule has 0 aliphatic carbocycles. The molecule has 5 heteroatoms. The van der Waals surface area contributed by atoms with E-state index in [9.17, 15) is 13.2 Å². The quantitative estimate of drug-likeness (QED) is 0.644. The second-order valence-electron chi connectivity index (χ2n) is 4.10. The fourth-order valence-corrected chi connectivity index (χ4v) is 2.54. The number of rotatable bonds is 0. The first-order valence-electron chi connectivity index (χ1n) is 5.10. The summed E-state index contributed by atoms with van der Waals surface area (Å²) in [5.41, 5.74) is 0. The van der Waals surface area contributed by atoms with Gasteiger partial charge in [-0.2, -0.15) is 13.2 Å². The number of halogens is 3. The summed E-state index contributed by atoms with van der Waals surface area (Å²) in [7, 11) is 0. The van der Waals surface area contributed by atoms with Crippen molar-refractivity contribution in [2.45, 2.75) is 25.1 Å². The number of hydrogen-bond donors (Lipinski definition) is 1. The van der Waals surface area contributed by atoms with Gasteiger partial charge in [0.15, 0.2) is 0 Å². The van der Waals surface area contributed by atoms with Gasteiger partial charge in [-0.1, -0.05) is 0 Å². The fourth-order valence-electron chi connectivity index (χ4n) is 2.54. The summed E-state index contributed by atoms with van der Waals surface area (Å²) in [6.45, 7) is 2.36. The van der Waals surface area contributed by atoms with Gasteiger partial charge >= 0.3 is 6.18 Å². The van der Waals surface area contributed by atoms with Crippen LogP contribution in [0.5, 0.6) is 0 Å². The van der Waals surface area contributed by atoms with Crippen molar-refractivity contribution in [1.82, 2.24) is 10.2 Å². The lowest BCUT2D eigenvalue weighted by Gasteiger charge is -2.29. The zero-order valence-corrected chi connectivity index (χ0v) is 7.98. The molecule has 2 nitrogen and oxygen atoms in total. The van der Waals surface area contributed by atoms with E-state index in [1.54, 1.807) is 0 Å². The lowest BCUT2D eigenvalue weighted by atomic mass is 9.97. The molecule has 0 saturated carbocycles. The largest absolute Gasteiger partial charge is 0.394 e. The van der Waals surface area contributed by atoms with E-state index < -0.39 is 12.1 Å². The van der Waals surface area contributed by atoms with E-state index in [4.69, 9.17) is 0 Å². The minimum Gasteiger partial charge on any atom is -0.315 e. The van der Waals surface area contributed by atoms with Crippen molar-refractivity contribution in [3.63, 3.8) is 0 Å². The van der Waals surface area contributed by atoms with Gasteiger partial charge in [0.1, 0.15) is 0 Å². The van der Waals surface area contributed by atoms with Gasteiger partial charge in [0.25, 0.3) is 0 Å². The SMILES string of the molecule is FC(F)(F)C1CNCCN2CCCC12. The lowest BCUT2D eigenvalue weighted by molar-refractivity contribution is -0.185. The van der Waals surface area contributed by atoms with Crippen LogP contribution in [0.2, 0.25) is 0 Å². The van der Waals surface area contributed by atoms with Crippen LogP contribution in [-0.4, -0.2) is 43.3 Å². The van der Waals surface area contributed by atoms with Gasteiger partial charge in [-0.15, -0.1) is 0 Å². The van der Waals surface area contributed by atoms with Gasteiger partial charge in [0, 0.05) is 25.7 Å². The first-order chi connectivity index (χ1) is 6.59. The Morgan fingerprint density at radius 1 is 1.21 bits per heavy atom. The summed E-state index contributed by atoms with van der Waals surface area (Å²) in [6, 6.07) is -0.273. The Labute approximate surface area is 81.5 Å². The number of fused-ring (bicyclic) bond motifs is 1. The summed E-state index contributed by atoms with van der Waals surface area (Å²) < 4.78 is 38.1. The molecule has 0 aromatic rings. The molecule has 1 N–H and O–H groups in total. The van der Waals surface area contributed by atoms with Gasteiger partial charge in [0.2, 0.25) is 0 Å². The molecule has 2 atom stereocenters. The summed E-state index contributed by atoms with van der Waals surface area (Å²) in [6.07, 6.45) is -2.44. The molecular formula is C9H15F3N2. The zero-order valence-electron chi connectivity index (χ0n) is 7.98. The van der Waals surface area contributed by atoms with Crippen LogP contribution in [0.3, 0.4) is 0 Å². The topological polar surface area (TPSA) is 15.3 Å². The molecule has 0 aromatic carbocycles. The molecule has 14 heavy (non-hydrogen) atoms. The van der Waals surface area contributed by atoms with Crippen molar-refractivity contribution in [2.24, 2.45) is 5.92 Å². The Kier molecular flexibility index (Phi) is 2.70. The molecule has 0 bridgehead atoms. The Hall–Kier alpha value is -0.290. The second-order valence-corrected chi connectivity index (χ2v) is 4.10. The van der Waals surface area contributed by atoms with Crippen LogP contribution in [0.25, 0.3) is 0 Å². The Morgan fingerprint density at radius 2 is 2.00 bits per heavy atom. The van der Waals surface area contributed by atoms with Crippen molar-refractivity contribution in [1.29, 1.82) is 0 Å². The molecule has 2 heterocycles. The van der Waals surface area contributed by atoms with E-state index in [-0.39, 0.29) is 12.6 Å². The van der Waals surface area contributed by atoms with Crippen molar-refractivity contribution < 1.29 is 13.2 Å².